The van der Waals surface area contributed by atoms with Crippen molar-refractivity contribution in [3.63, 3.8) is 0 Å². The minimum Gasteiger partial charge on any atom is -0.493 e. The number of amides is 1. The van der Waals surface area contributed by atoms with E-state index in [4.69, 9.17) is 10.00 Å². The molecule has 1 unspecified atom stereocenters. The maximum absolute atomic E-state index is 12.5. The minimum absolute atomic E-state index is 0.0352. The van der Waals surface area contributed by atoms with Crippen LogP contribution in [0.4, 0.5) is 0 Å². The summed E-state index contributed by atoms with van der Waals surface area (Å²) < 4.78 is 5.60. The second-order valence-corrected chi connectivity index (χ2v) is 5.50. The molecule has 0 fully saturated rings. The monoisotopic (exact) mass is 322 g/mol. The van der Waals surface area contributed by atoms with Gasteiger partial charge in [-0.15, -0.1) is 0 Å². The van der Waals surface area contributed by atoms with Gasteiger partial charge in [-0.1, -0.05) is 30.3 Å². The molecule has 0 saturated heterocycles. The predicted molar refractivity (Wildman–Crippen MR) is 93.5 cm³/mol. The lowest BCUT2D eigenvalue weighted by atomic mass is 10.0. The van der Waals surface area contributed by atoms with Crippen LogP contribution in [0.25, 0.3) is 0 Å². The van der Waals surface area contributed by atoms with Gasteiger partial charge in [0.25, 0.3) is 0 Å². The van der Waals surface area contributed by atoms with E-state index in [9.17, 15) is 4.79 Å². The first kappa shape index (κ1) is 17.6. The number of ether oxygens (including phenoxy) is 1. The molecule has 1 atom stereocenters. The quantitative estimate of drug-likeness (QED) is 0.776. The minimum atomic E-state index is -0.0352. The molecule has 0 aliphatic rings. The fourth-order valence-electron chi connectivity index (χ4n) is 2.60. The molecule has 0 aromatic heterocycles. The number of nitriles is 1. The number of hydrogen-bond donors (Lipinski definition) is 0. The topological polar surface area (TPSA) is 53.3 Å². The summed E-state index contributed by atoms with van der Waals surface area (Å²) in [6.45, 7) is 4.96. The van der Waals surface area contributed by atoms with Gasteiger partial charge in [0.1, 0.15) is 5.75 Å². The van der Waals surface area contributed by atoms with E-state index in [1.54, 1.807) is 12.1 Å². The predicted octanol–water partition coefficient (Wildman–Crippen LogP) is 3.94. The molecule has 4 heteroatoms. The largest absolute Gasteiger partial charge is 0.493 e. The van der Waals surface area contributed by atoms with E-state index in [1.807, 2.05) is 61.2 Å². The van der Waals surface area contributed by atoms with Gasteiger partial charge in [0.05, 0.1) is 30.7 Å². The average Bonchev–Trinajstić information content (AvgIpc) is 2.63. The molecule has 0 aliphatic carbocycles. The highest BCUT2D eigenvalue weighted by Gasteiger charge is 2.19. The van der Waals surface area contributed by atoms with E-state index in [0.29, 0.717) is 25.1 Å². The number of carbonyl (C=O) groups is 1. The summed E-state index contributed by atoms with van der Waals surface area (Å²) in [4.78, 5) is 14.3. The summed E-state index contributed by atoms with van der Waals surface area (Å²) >= 11 is 0. The third kappa shape index (κ3) is 4.60. The van der Waals surface area contributed by atoms with Crippen LogP contribution in [-0.2, 0) is 4.79 Å². The van der Waals surface area contributed by atoms with Crippen LogP contribution in [0, 0.1) is 11.3 Å². The molecule has 0 bridgehead atoms. The Bertz CT molecular complexity index is 690. The summed E-state index contributed by atoms with van der Waals surface area (Å²) in [5.41, 5.74) is 1.64. The molecule has 0 N–H and O–H groups in total. The second-order valence-electron chi connectivity index (χ2n) is 5.50. The van der Waals surface area contributed by atoms with Gasteiger partial charge in [-0.3, -0.25) is 4.79 Å². The summed E-state index contributed by atoms with van der Waals surface area (Å²) in [5, 5.41) is 8.87. The Labute approximate surface area is 143 Å². The number of hydrogen-bond acceptors (Lipinski definition) is 3. The Hall–Kier alpha value is -2.80. The van der Waals surface area contributed by atoms with Crippen LogP contribution >= 0.6 is 0 Å². The van der Waals surface area contributed by atoms with Crippen LogP contribution in [-0.4, -0.2) is 24.0 Å². The van der Waals surface area contributed by atoms with E-state index >= 15 is 0 Å². The molecule has 1 amide bonds. The third-order valence-electron chi connectivity index (χ3n) is 3.98. The lowest BCUT2D eigenvalue weighted by Crippen LogP contribution is -2.34. The van der Waals surface area contributed by atoms with Crippen LogP contribution in [0.3, 0.4) is 0 Å². The van der Waals surface area contributed by atoms with Gasteiger partial charge in [-0.2, -0.15) is 5.26 Å². The first-order valence-corrected chi connectivity index (χ1v) is 8.13. The highest BCUT2D eigenvalue weighted by molar-refractivity contribution is 5.76. The molecule has 0 spiro atoms. The van der Waals surface area contributed by atoms with Gasteiger partial charge < -0.3 is 9.64 Å². The summed E-state index contributed by atoms with van der Waals surface area (Å²) in [5.74, 6) is 0.832. The van der Waals surface area contributed by atoms with E-state index in [-0.39, 0.29) is 11.9 Å². The highest BCUT2D eigenvalue weighted by Crippen LogP contribution is 2.21. The first-order valence-electron chi connectivity index (χ1n) is 8.13. The smallest absolute Gasteiger partial charge is 0.226 e. The molecule has 2 aromatic carbocycles. The van der Waals surface area contributed by atoms with Gasteiger partial charge in [-0.05, 0) is 43.7 Å². The van der Waals surface area contributed by atoms with E-state index in [2.05, 4.69) is 6.07 Å². The van der Waals surface area contributed by atoms with E-state index in [1.165, 1.54) is 0 Å². The zero-order chi connectivity index (χ0) is 17.4. The van der Waals surface area contributed by atoms with Gasteiger partial charge in [0, 0.05) is 6.54 Å². The standard InChI is InChI=1S/C20H22N2O2/c1-3-22(16(2)18-11-9-17(15-21)10-12-18)20(23)13-14-24-19-7-5-4-6-8-19/h4-12,16H,3,13-14H2,1-2H3. The fourth-order valence-corrected chi connectivity index (χ4v) is 2.60. The zero-order valence-electron chi connectivity index (χ0n) is 14.1. The SMILES string of the molecule is CCN(C(=O)CCOc1ccccc1)C(C)c1ccc(C#N)cc1. The molecule has 24 heavy (non-hydrogen) atoms. The van der Waals surface area contributed by atoms with Crippen molar-refractivity contribution in [1.29, 1.82) is 5.26 Å². The van der Waals surface area contributed by atoms with Crippen LogP contribution in [0.1, 0.15) is 37.4 Å². The summed E-state index contributed by atoms with van der Waals surface area (Å²) in [6.07, 6.45) is 0.337. The van der Waals surface area contributed by atoms with Gasteiger partial charge >= 0.3 is 0 Å². The van der Waals surface area contributed by atoms with Crippen molar-refractivity contribution in [1.82, 2.24) is 4.90 Å². The Balaban J connectivity index is 1.93. The zero-order valence-corrected chi connectivity index (χ0v) is 14.1. The molecule has 0 saturated carbocycles. The van der Waals surface area contributed by atoms with Gasteiger partial charge in [0.2, 0.25) is 5.91 Å². The van der Waals surface area contributed by atoms with Crippen molar-refractivity contribution in [2.75, 3.05) is 13.2 Å². The Morgan fingerprint density at radius 2 is 1.83 bits per heavy atom. The average molecular weight is 322 g/mol. The number of rotatable bonds is 7. The van der Waals surface area contributed by atoms with Gasteiger partial charge in [-0.25, -0.2) is 0 Å². The van der Waals surface area contributed by atoms with Crippen molar-refractivity contribution >= 4 is 5.91 Å². The maximum Gasteiger partial charge on any atom is 0.226 e. The molecule has 2 aromatic rings. The number of para-hydroxylation sites is 1. The Morgan fingerprint density at radius 1 is 1.17 bits per heavy atom. The normalized spacial score (nSPS) is 11.4. The third-order valence-corrected chi connectivity index (χ3v) is 3.98. The molecular weight excluding hydrogens is 300 g/mol. The molecule has 0 radical (unpaired) electrons. The maximum atomic E-state index is 12.5. The second kappa shape index (κ2) is 8.73. The van der Waals surface area contributed by atoms with Gasteiger partial charge in [0.15, 0.2) is 0 Å². The summed E-state index contributed by atoms with van der Waals surface area (Å²) in [6, 6.07) is 18.9. The molecule has 124 valence electrons. The molecule has 0 aliphatic heterocycles. The molecule has 0 heterocycles. The summed E-state index contributed by atoms with van der Waals surface area (Å²) in [7, 11) is 0. The molecule has 4 nitrogen and oxygen atoms in total. The van der Waals surface area contributed by atoms with Crippen molar-refractivity contribution in [2.24, 2.45) is 0 Å². The van der Waals surface area contributed by atoms with Crippen molar-refractivity contribution in [3.8, 4) is 11.8 Å². The fraction of sp³-hybridized carbons (Fsp3) is 0.300. The van der Waals surface area contributed by atoms with Crippen LogP contribution in [0.5, 0.6) is 5.75 Å². The van der Waals surface area contributed by atoms with E-state index < -0.39 is 0 Å². The van der Waals surface area contributed by atoms with E-state index in [0.717, 1.165) is 11.3 Å². The van der Waals surface area contributed by atoms with Crippen molar-refractivity contribution < 1.29 is 9.53 Å². The lowest BCUT2D eigenvalue weighted by molar-refractivity contribution is -0.133. The Kier molecular flexibility index (Phi) is 6.39. The van der Waals surface area contributed by atoms with Crippen LogP contribution in [0.15, 0.2) is 54.6 Å². The van der Waals surface area contributed by atoms with Crippen molar-refractivity contribution in [2.45, 2.75) is 26.3 Å². The number of benzene rings is 2. The molecule has 2 rings (SSSR count). The Morgan fingerprint density at radius 3 is 2.42 bits per heavy atom. The first-order chi connectivity index (χ1) is 11.7. The van der Waals surface area contributed by atoms with Crippen LogP contribution < -0.4 is 4.74 Å². The lowest BCUT2D eigenvalue weighted by Gasteiger charge is -2.28. The van der Waals surface area contributed by atoms with Crippen LogP contribution in [0.2, 0.25) is 0 Å². The van der Waals surface area contributed by atoms with Crippen molar-refractivity contribution in [3.05, 3.63) is 65.7 Å². The molecular formula is C20H22N2O2. The number of carbonyl (C=O) groups excluding carboxylic acids is 1. The number of nitrogens with zero attached hydrogens (tertiary/aromatic N) is 2. The highest BCUT2D eigenvalue weighted by atomic mass is 16.5.